The quantitative estimate of drug-likeness (QED) is 0.768. The number of aliphatic hydroxyl groups excluding tert-OH is 1. The lowest BCUT2D eigenvalue weighted by Gasteiger charge is -2.20. The topological polar surface area (TPSA) is 49.8 Å². The Morgan fingerprint density at radius 2 is 2.47 bits per heavy atom. The van der Waals surface area contributed by atoms with E-state index in [0.717, 1.165) is 5.00 Å². The predicted molar refractivity (Wildman–Crippen MR) is 60.2 cm³/mol. The normalized spacial score (nSPS) is 12.2. The third-order valence-corrected chi connectivity index (χ3v) is 2.98. The summed E-state index contributed by atoms with van der Waals surface area (Å²) in [6.45, 7) is 0.426. The van der Waals surface area contributed by atoms with Crippen LogP contribution in [0.4, 0.5) is 5.00 Å². The van der Waals surface area contributed by atoms with Crippen molar-refractivity contribution in [1.82, 2.24) is 0 Å². The largest absolute Gasteiger partial charge is 0.469 e. The molecule has 1 atom stereocenters. The third-order valence-electron chi connectivity index (χ3n) is 2.00. The lowest BCUT2D eigenvalue weighted by molar-refractivity contribution is -0.142. The van der Waals surface area contributed by atoms with Gasteiger partial charge < -0.3 is 14.7 Å². The van der Waals surface area contributed by atoms with E-state index in [1.807, 2.05) is 29.5 Å². The first kappa shape index (κ1) is 12.0. The van der Waals surface area contributed by atoms with Crippen molar-refractivity contribution >= 4 is 22.3 Å². The van der Waals surface area contributed by atoms with Gasteiger partial charge >= 0.3 is 5.97 Å². The van der Waals surface area contributed by atoms with E-state index in [0.29, 0.717) is 6.54 Å². The molecule has 1 unspecified atom stereocenters. The van der Waals surface area contributed by atoms with Crippen LogP contribution in [0.25, 0.3) is 0 Å². The summed E-state index contributed by atoms with van der Waals surface area (Å²) in [5.41, 5.74) is 0. The molecule has 0 spiro atoms. The number of carbonyl (C=O) groups excluding carboxylic acids is 1. The molecule has 0 saturated heterocycles. The van der Waals surface area contributed by atoms with Gasteiger partial charge in [0.05, 0.1) is 24.6 Å². The van der Waals surface area contributed by atoms with Crippen molar-refractivity contribution < 1.29 is 14.6 Å². The van der Waals surface area contributed by atoms with Gasteiger partial charge in [0.1, 0.15) is 0 Å². The minimum Gasteiger partial charge on any atom is -0.469 e. The SMILES string of the molecule is COC(=O)CC(O)CN(C)c1cccs1. The Morgan fingerprint density at radius 3 is 3.00 bits per heavy atom. The molecule has 0 aromatic carbocycles. The van der Waals surface area contributed by atoms with E-state index in [9.17, 15) is 9.90 Å². The van der Waals surface area contributed by atoms with Crippen LogP contribution in [0.3, 0.4) is 0 Å². The monoisotopic (exact) mass is 229 g/mol. The number of esters is 1. The van der Waals surface area contributed by atoms with Gasteiger partial charge in [-0.2, -0.15) is 0 Å². The summed E-state index contributed by atoms with van der Waals surface area (Å²) < 4.78 is 4.48. The molecule has 15 heavy (non-hydrogen) atoms. The molecule has 84 valence electrons. The molecule has 0 aliphatic rings. The number of nitrogens with zero attached hydrogens (tertiary/aromatic N) is 1. The number of hydrogen-bond donors (Lipinski definition) is 1. The van der Waals surface area contributed by atoms with Gasteiger partial charge in [-0.25, -0.2) is 0 Å². The van der Waals surface area contributed by atoms with E-state index in [4.69, 9.17) is 0 Å². The van der Waals surface area contributed by atoms with Gasteiger partial charge in [0.2, 0.25) is 0 Å². The number of aliphatic hydroxyl groups is 1. The second-order valence-electron chi connectivity index (χ2n) is 3.27. The van der Waals surface area contributed by atoms with Crippen molar-refractivity contribution in [2.75, 3.05) is 25.6 Å². The summed E-state index contributed by atoms with van der Waals surface area (Å²) in [4.78, 5) is 12.8. The maximum Gasteiger partial charge on any atom is 0.308 e. The zero-order valence-electron chi connectivity index (χ0n) is 8.84. The summed E-state index contributed by atoms with van der Waals surface area (Å²) >= 11 is 1.60. The van der Waals surface area contributed by atoms with Crippen LogP contribution in [0, 0.1) is 0 Å². The molecule has 0 amide bonds. The minimum atomic E-state index is -0.690. The van der Waals surface area contributed by atoms with Crippen molar-refractivity contribution in [3.8, 4) is 0 Å². The van der Waals surface area contributed by atoms with Gasteiger partial charge in [-0.3, -0.25) is 4.79 Å². The number of anilines is 1. The average Bonchev–Trinajstić information content (AvgIpc) is 2.70. The second-order valence-corrected chi connectivity index (χ2v) is 4.19. The number of thiophene rings is 1. The first-order chi connectivity index (χ1) is 7.13. The highest BCUT2D eigenvalue weighted by molar-refractivity contribution is 7.14. The number of methoxy groups -OCH3 is 1. The Morgan fingerprint density at radius 1 is 1.73 bits per heavy atom. The number of hydrogen-bond acceptors (Lipinski definition) is 5. The molecule has 0 bridgehead atoms. The fourth-order valence-corrected chi connectivity index (χ4v) is 1.94. The molecule has 1 heterocycles. The van der Waals surface area contributed by atoms with Crippen molar-refractivity contribution in [3.63, 3.8) is 0 Å². The lowest BCUT2D eigenvalue weighted by atomic mass is 10.2. The van der Waals surface area contributed by atoms with Crippen LogP contribution in [0.2, 0.25) is 0 Å². The second kappa shape index (κ2) is 5.72. The van der Waals surface area contributed by atoms with E-state index >= 15 is 0 Å². The average molecular weight is 229 g/mol. The van der Waals surface area contributed by atoms with Crippen molar-refractivity contribution in [2.45, 2.75) is 12.5 Å². The lowest BCUT2D eigenvalue weighted by Crippen LogP contribution is -2.30. The highest BCUT2D eigenvalue weighted by atomic mass is 32.1. The van der Waals surface area contributed by atoms with Crippen LogP contribution in [-0.4, -0.2) is 37.9 Å². The molecule has 0 radical (unpaired) electrons. The highest BCUT2D eigenvalue weighted by Gasteiger charge is 2.13. The van der Waals surface area contributed by atoms with Crippen molar-refractivity contribution in [3.05, 3.63) is 17.5 Å². The van der Waals surface area contributed by atoms with Crippen LogP contribution in [-0.2, 0) is 9.53 Å². The summed E-state index contributed by atoms with van der Waals surface area (Å²) in [5.74, 6) is -0.387. The van der Waals surface area contributed by atoms with Crippen molar-refractivity contribution in [2.24, 2.45) is 0 Å². The van der Waals surface area contributed by atoms with Crippen molar-refractivity contribution in [1.29, 1.82) is 0 Å². The summed E-state index contributed by atoms with van der Waals surface area (Å²) in [6, 6.07) is 3.92. The van der Waals surface area contributed by atoms with E-state index in [-0.39, 0.29) is 12.4 Å². The van der Waals surface area contributed by atoms with Crippen LogP contribution in [0.1, 0.15) is 6.42 Å². The van der Waals surface area contributed by atoms with Gasteiger partial charge in [-0.1, -0.05) is 0 Å². The standard InChI is InChI=1S/C10H15NO3S/c1-11(9-4-3-5-15-9)7-8(12)6-10(13)14-2/h3-5,8,12H,6-7H2,1-2H3. The Kier molecular flexibility index (Phi) is 4.58. The summed E-state index contributed by atoms with van der Waals surface area (Å²) in [6.07, 6.45) is -0.656. The third kappa shape index (κ3) is 3.89. The van der Waals surface area contributed by atoms with Crippen LogP contribution in [0.5, 0.6) is 0 Å². The molecule has 1 rings (SSSR count). The van der Waals surface area contributed by atoms with E-state index in [2.05, 4.69) is 4.74 Å². The van der Waals surface area contributed by atoms with E-state index in [1.165, 1.54) is 7.11 Å². The zero-order valence-corrected chi connectivity index (χ0v) is 9.66. The Balaban J connectivity index is 2.38. The van der Waals surface area contributed by atoms with Crippen LogP contribution in [0.15, 0.2) is 17.5 Å². The number of ether oxygens (including phenoxy) is 1. The molecule has 0 saturated carbocycles. The Bertz CT molecular complexity index is 300. The molecule has 1 N–H and O–H groups in total. The van der Waals surface area contributed by atoms with Crippen LogP contribution >= 0.6 is 11.3 Å². The molecular weight excluding hydrogens is 214 g/mol. The molecule has 0 fully saturated rings. The van der Waals surface area contributed by atoms with E-state index < -0.39 is 6.10 Å². The van der Waals surface area contributed by atoms with Gasteiger partial charge in [0, 0.05) is 13.6 Å². The Hall–Kier alpha value is -1.07. The van der Waals surface area contributed by atoms with Gasteiger partial charge in [0.15, 0.2) is 0 Å². The number of likely N-dealkylation sites (N-methyl/N-ethyl adjacent to an activating group) is 1. The molecule has 0 aliphatic heterocycles. The number of rotatable bonds is 5. The Labute approximate surface area is 93.1 Å². The summed E-state index contributed by atoms with van der Waals surface area (Å²) in [5, 5.41) is 12.6. The minimum absolute atomic E-state index is 0.0339. The predicted octanol–water partition coefficient (Wildman–Crippen LogP) is 1.11. The van der Waals surface area contributed by atoms with Crippen LogP contribution < -0.4 is 4.90 Å². The fraction of sp³-hybridized carbons (Fsp3) is 0.500. The molecule has 0 aliphatic carbocycles. The first-order valence-corrected chi connectivity index (χ1v) is 5.51. The van der Waals surface area contributed by atoms with E-state index in [1.54, 1.807) is 11.3 Å². The molecular formula is C10H15NO3S. The smallest absolute Gasteiger partial charge is 0.308 e. The molecule has 4 nitrogen and oxygen atoms in total. The molecule has 1 aromatic rings. The molecule has 5 heteroatoms. The fourth-order valence-electron chi connectivity index (χ4n) is 1.23. The zero-order chi connectivity index (χ0) is 11.3. The maximum atomic E-state index is 10.9. The maximum absolute atomic E-state index is 10.9. The van der Waals surface area contributed by atoms with Gasteiger partial charge in [-0.15, -0.1) is 11.3 Å². The number of carbonyl (C=O) groups is 1. The highest BCUT2D eigenvalue weighted by Crippen LogP contribution is 2.19. The van der Waals surface area contributed by atoms with Gasteiger partial charge in [0.25, 0.3) is 0 Å². The summed E-state index contributed by atoms with van der Waals surface area (Å²) in [7, 11) is 3.20. The first-order valence-electron chi connectivity index (χ1n) is 4.63. The molecule has 1 aromatic heterocycles. The van der Waals surface area contributed by atoms with Gasteiger partial charge in [-0.05, 0) is 17.5 Å².